The van der Waals surface area contributed by atoms with Gasteiger partial charge in [0.15, 0.2) is 0 Å². The molecule has 0 unspecified atom stereocenters. The third-order valence-electron chi connectivity index (χ3n) is 3.75. The monoisotopic (exact) mass is 334 g/mol. The van der Waals surface area contributed by atoms with Crippen molar-refractivity contribution in [1.29, 1.82) is 0 Å². The Morgan fingerprint density at radius 1 is 1.30 bits per heavy atom. The largest absolute Gasteiger partial charge is 0.365 e. The van der Waals surface area contributed by atoms with Crippen LogP contribution in [-0.2, 0) is 4.79 Å². The van der Waals surface area contributed by atoms with Crippen molar-refractivity contribution in [3.63, 3.8) is 0 Å². The van der Waals surface area contributed by atoms with E-state index in [1.54, 1.807) is 6.07 Å². The number of aliphatic hydroxyl groups is 1. The van der Waals surface area contributed by atoms with Gasteiger partial charge >= 0.3 is 18.4 Å². The highest BCUT2D eigenvalue weighted by molar-refractivity contribution is 5.86. The van der Waals surface area contributed by atoms with Crippen molar-refractivity contribution in [2.24, 2.45) is 5.92 Å². The van der Waals surface area contributed by atoms with Crippen LogP contribution >= 0.6 is 0 Å². The normalized spacial score (nSPS) is 28.2. The van der Waals surface area contributed by atoms with Crippen LogP contribution in [0.5, 0.6) is 0 Å². The summed E-state index contributed by atoms with van der Waals surface area (Å²) in [5.74, 6) is -8.01. The second-order valence-corrected chi connectivity index (χ2v) is 5.27. The lowest BCUT2D eigenvalue weighted by molar-refractivity contribution is -0.272. The molecule has 0 bridgehead atoms. The average molecular weight is 334 g/mol. The number of Topliss-reactive ketones (excluding diaryl/α,β-unsaturated/α-hetero) is 1. The number of ketones is 1. The molecule has 0 radical (unpaired) electrons. The van der Waals surface area contributed by atoms with Gasteiger partial charge in [-0.2, -0.15) is 8.78 Å². The van der Waals surface area contributed by atoms with Crippen LogP contribution in [0.2, 0.25) is 0 Å². The Labute approximate surface area is 128 Å². The molecule has 1 aromatic rings. The van der Waals surface area contributed by atoms with Gasteiger partial charge in [-0.1, -0.05) is 30.3 Å². The first-order chi connectivity index (χ1) is 10.6. The highest BCUT2D eigenvalue weighted by Gasteiger charge is 2.68. The minimum absolute atomic E-state index is 0.228. The molecule has 9 heteroatoms. The Morgan fingerprint density at radius 3 is 2.35 bits per heavy atom. The number of alkyl halides is 4. The fraction of sp³-hybridized carbons (Fsp3) is 0.429. The lowest BCUT2D eigenvalue weighted by Gasteiger charge is -2.47. The summed E-state index contributed by atoms with van der Waals surface area (Å²) in [6, 6.07) is 4.84. The van der Waals surface area contributed by atoms with Crippen LogP contribution in [0, 0.1) is 5.92 Å². The topological polar surface area (TPSA) is 78.4 Å². The molecule has 0 aromatic heterocycles. The van der Waals surface area contributed by atoms with Crippen LogP contribution in [-0.4, -0.2) is 35.0 Å². The molecule has 1 fully saturated rings. The molecule has 0 spiro atoms. The Morgan fingerprint density at radius 2 is 1.87 bits per heavy atom. The number of nitrogens with one attached hydrogen (secondary N) is 2. The van der Waals surface area contributed by atoms with Gasteiger partial charge < -0.3 is 15.7 Å². The Hall–Kier alpha value is -2.16. The first-order valence-corrected chi connectivity index (χ1v) is 6.63. The van der Waals surface area contributed by atoms with Crippen molar-refractivity contribution in [3.8, 4) is 0 Å². The van der Waals surface area contributed by atoms with Crippen LogP contribution < -0.4 is 10.6 Å². The van der Waals surface area contributed by atoms with Gasteiger partial charge in [0.25, 0.3) is 0 Å². The molecule has 3 N–H and O–H groups in total. The molecule has 3 atom stereocenters. The summed E-state index contributed by atoms with van der Waals surface area (Å²) < 4.78 is 53.3. The molecular weight excluding hydrogens is 320 g/mol. The summed E-state index contributed by atoms with van der Waals surface area (Å²) in [6.07, 6.45) is -4.27. The molecule has 126 valence electrons. The Balaban J connectivity index is 2.58. The van der Waals surface area contributed by atoms with Crippen molar-refractivity contribution in [3.05, 3.63) is 35.9 Å². The van der Waals surface area contributed by atoms with Crippen LogP contribution in [0.25, 0.3) is 0 Å². The highest BCUT2D eigenvalue weighted by atomic mass is 19.3. The molecule has 5 nitrogen and oxygen atoms in total. The fourth-order valence-corrected chi connectivity index (χ4v) is 2.67. The smallest absolute Gasteiger partial charge is 0.354 e. The van der Waals surface area contributed by atoms with Crippen molar-refractivity contribution in [1.82, 2.24) is 10.6 Å². The number of carbonyl (C=O) groups is 2. The van der Waals surface area contributed by atoms with Gasteiger partial charge in [0, 0.05) is 0 Å². The van der Waals surface area contributed by atoms with Crippen LogP contribution in [0.1, 0.15) is 18.5 Å². The minimum atomic E-state index is -5.02. The zero-order valence-electron chi connectivity index (χ0n) is 11.9. The zero-order chi connectivity index (χ0) is 17.4. The van der Waals surface area contributed by atoms with E-state index in [4.69, 9.17) is 0 Å². The summed E-state index contributed by atoms with van der Waals surface area (Å²) in [5, 5.41) is 13.8. The van der Waals surface area contributed by atoms with E-state index in [1.807, 2.05) is 0 Å². The number of carbonyl (C=O) groups excluding carboxylic acids is 2. The molecule has 1 aromatic carbocycles. The van der Waals surface area contributed by atoms with Crippen LogP contribution in [0.3, 0.4) is 0 Å². The van der Waals surface area contributed by atoms with Crippen molar-refractivity contribution >= 4 is 11.8 Å². The quantitative estimate of drug-likeness (QED) is 0.735. The number of urea groups is 1. The van der Waals surface area contributed by atoms with E-state index in [0.29, 0.717) is 0 Å². The van der Waals surface area contributed by atoms with Gasteiger partial charge in [0.1, 0.15) is 5.78 Å². The Kier molecular flexibility index (Phi) is 4.34. The number of hydrogen-bond donors (Lipinski definition) is 3. The maximum atomic E-state index is 13.9. The number of benzene rings is 1. The summed E-state index contributed by atoms with van der Waals surface area (Å²) in [7, 11) is 0. The summed E-state index contributed by atoms with van der Waals surface area (Å²) in [5.41, 5.74) is -3.48. The second kappa shape index (κ2) is 5.80. The van der Waals surface area contributed by atoms with E-state index in [0.717, 1.165) is 6.92 Å². The van der Waals surface area contributed by atoms with Crippen molar-refractivity contribution in [2.45, 2.75) is 31.0 Å². The van der Waals surface area contributed by atoms with Gasteiger partial charge in [-0.3, -0.25) is 4.79 Å². The third kappa shape index (κ3) is 2.76. The third-order valence-corrected chi connectivity index (χ3v) is 3.75. The van der Waals surface area contributed by atoms with Gasteiger partial charge in [0.2, 0.25) is 5.72 Å². The molecule has 1 aliphatic rings. The molecule has 2 amide bonds. The molecule has 1 saturated heterocycles. The summed E-state index contributed by atoms with van der Waals surface area (Å²) in [6.45, 7) is 0.881. The summed E-state index contributed by atoms with van der Waals surface area (Å²) in [4.78, 5) is 23.5. The van der Waals surface area contributed by atoms with Crippen molar-refractivity contribution < 1.29 is 32.3 Å². The minimum Gasteiger partial charge on any atom is -0.365 e. The number of hydrogen-bond acceptors (Lipinski definition) is 3. The number of rotatable bonds is 4. The number of halogens is 4. The first-order valence-electron chi connectivity index (χ1n) is 6.63. The van der Waals surface area contributed by atoms with E-state index in [1.165, 1.54) is 29.6 Å². The molecule has 0 aliphatic carbocycles. The highest BCUT2D eigenvalue weighted by Crippen LogP contribution is 2.44. The molecule has 0 saturated carbocycles. The fourth-order valence-electron chi connectivity index (χ4n) is 2.67. The molecule has 1 aliphatic heterocycles. The molecule has 1 heterocycles. The van der Waals surface area contributed by atoms with Gasteiger partial charge in [-0.15, -0.1) is 0 Å². The molecule has 23 heavy (non-hydrogen) atoms. The zero-order valence-corrected chi connectivity index (χ0v) is 11.9. The maximum absolute atomic E-state index is 13.9. The standard InChI is InChI=1S/C14H14F4N2O3/c1-7(21)9-10(8-5-3-2-4-6-8)19-12(22)20-14(9,23)13(17,18)11(15)16/h2-6,9-11,23H,1H3,(H2,19,20,22)/t9-,10+,14+/m0/s1. The van der Waals surface area contributed by atoms with Crippen LogP contribution in [0.15, 0.2) is 30.3 Å². The molecular formula is C14H14F4N2O3. The molecule has 2 rings (SSSR count). The lowest BCUT2D eigenvalue weighted by Crippen LogP contribution is -2.75. The predicted molar refractivity (Wildman–Crippen MR) is 70.9 cm³/mol. The van der Waals surface area contributed by atoms with E-state index in [2.05, 4.69) is 5.32 Å². The maximum Gasteiger partial charge on any atom is 0.354 e. The van der Waals surface area contributed by atoms with Crippen LogP contribution in [0.4, 0.5) is 22.4 Å². The van der Waals surface area contributed by atoms with Gasteiger partial charge in [-0.25, -0.2) is 13.6 Å². The first kappa shape index (κ1) is 17.2. The lowest BCUT2D eigenvalue weighted by atomic mass is 9.77. The number of amides is 2. The van der Waals surface area contributed by atoms with E-state index < -0.39 is 41.8 Å². The SMILES string of the molecule is CC(=O)[C@H]1[C@@H](c2ccccc2)NC(=O)N[C@]1(O)C(F)(F)C(F)F. The van der Waals surface area contributed by atoms with Crippen molar-refractivity contribution in [2.75, 3.05) is 0 Å². The Bertz CT molecular complexity index is 611. The van der Waals surface area contributed by atoms with E-state index >= 15 is 0 Å². The summed E-state index contributed by atoms with van der Waals surface area (Å²) >= 11 is 0. The van der Waals surface area contributed by atoms with E-state index in [-0.39, 0.29) is 5.56 Å². The van der Waals surface area contributed by atoms with Gasteiger partial charge in [0.05, 0.1) is 12.0 Å². The van der Waals surface area contributed by atoms with E-state index in [9.17, 15) is 32.3 Å². The van der Waals surface area contributed by atoms with Gasteiger partial charge in [-0.05, 0) is 12.5 Å². The average Bonchev–Trinajstić information content (AvgIpc) is 2.46. The predicted octanol–water partition coefficient (Wildman–Crippen LogP) is 1.83. The second-order valence-electron chi connectivity index (χ2n) is 5.27.